The Kier molecular flexibility index (Phi) is 5.36. The summed E-state index contributed by atoms with van der Waals surface area (Å²) in [5, 5.41) is 0. The molecule has 0 atom stereocenters. The van der Waals surface area contributed by atoms with E-state index in [-0.39, 0.29) is 5.97 Å². The number of carbonyl (C=O) groups excluding carboxylic acids is 1. The number of rotatable bonds is 4. The summed E-state index contributed by atoms with van der Waals surface area (Å²) < 4.78 is 10.2. The fourth-order valence-electron chi connectivity index (χ4n) is 1.50. The zero-order valence-electron chi connectivity index (χ0n) is 9.49. The van der Waals surface area contributed by atoms with Crippen molar-refractivity contribution in [2.24, 2.45) is 0 Å². The highest BCUT2D eigenvalue weighted by Crippen LogP contribution is 2.05. The lowest BCUT2D eigenvalue weighted by Crippen LogP contribution is -2.38. The molecule has 0 N–H and O–H groups in total. The van der Waals surface area contributed by atoms with Gasteiger partial charge in [0.05, 0.1) is 19.8 Å². The molecule has 0 saturated carbocycles. The lowest BCUT2D eigenvalue weighted by molar-refractivity contribution is -0.138. The van der Waals surface area contributed by atoms with Crippen LogP contribution in [0.2, 0.25) is 0 Å². The summed E-state index contributed by atoms with van der Waals surface area (Å²) >= 11 is 0. The summed E-state index contributed by atoms with van der Waals surface area (Å²) in [6.07, 6.45) is 1.83. The fourth-order valence-corrected chi connectivity index (χ4v) is 1.50. The second-order valence-electron chi connectivity index (χ2n) is 3.42. The van der Waals surface area contributed by atoms with Crippen molar-refractivity contribution >= 4 is 5.97 Å². The van der Waals surface area contributed by atoms with Gasteiger partial charge in [-0.15, -0.1) is 0 Å². The molecule has 4 nitrogen and oxygen atoms in total. The van der Waals surface area contributed by atoms with E-state index in [1.165, 1.54) is 0 Å². The maximum absolute atomic E-state index is 11.5. The quantitative estimate of drug-likeness (QED) is 0.512. The number of esters is 1. The van der Waals surface area contributed by atoms with Gasteiger partial charge in [0.25, 0.3) is 0 Å². The Hall–Kier alpha value is -0.870. The third kappa shape index (κ3) is 4.01. The monoisotopic (exact) mass is 213 g/mol. The van der Waals surface area contributed by atoms with Gasteiger partial charge in [-0.3, -0.25) is 4.90 Å². The van der Waals surface area contributed by atoms with Crippen LogP contribution in [-0.4, -0.2) is 50.3 Å². The predicted molar refractivity (Wildman–Crippen MR) is 57.6 cm³/mol. The Labute approximate surface area is 90.8 Å². The van der Waals surface area contributed by atoms with E-state index in [1.54, 1.807) is 0 Å². The van der Waals surface area contributed by atoms with Crippen LogP contribution in [0.25, 0.3) is 0 Å². The molecule has 1 aliphatic heterocycles. The Balaban J connectivity index is 2.42. The van der Waals surface area contributed by atoms with Crippen molar-refractivity contribution in [2.45, 2.75) is 13.8 Å². The van der Waals surface area contributed by atoms with Gasteiger partial charge in [-0.05, 0) is 13.8 Å². The van der Waals surface area contributed by atoms with E-state index in [0.29, 0.717) is 13.2 Å². The predicted octanol–water partition coefficient (Wildman–Crippen LogP) is 0.828. The first-order valence-corrected chi connectivity index (χ1v) is 5.40. The number of morpholine rings is 1. The van der Waals surface area contributed by atoms with E-state index >= 15 is 0 Å². The van der Waals surface area contributed by atoms with Crippen molar-refractivity contribution in [3.05, 3.63) is 11.6 Å². The van der Waals surface area contributed by atoms with Gasteiger partial charge in [0.15, 0.2) is 0 Å². The second kappa shape index (κ2) is 6.58. The highest BCUT2D eigenvalue weighted by molar-refractivity contribution is 5.88. The first-order chi connectivity index (χ1) is 7.27. The molecule has 1 saturated heterocycles. The number of nitrogens with zero attached hydrogens (tertiary/aromatic N) is 1. The van der Waals surface area contributed by atoms with Crippen LogP contribution in [0, 0.1) is 0 Å². The molecule has 0 aromatic carbocycles. The standard InChI is InChI=1S/C11H19NO3/c1-3-10(11(13)15-4-2)9-12-5-7-14-8-6-12/h3H,4-9H2,1-2H3/b10-3+. The van der Waals surface area contributed by atoms with Gasteiger partial charge in [0.1, 0.15) is 0 Å². The zero-order valence-corrected chi connectivity index (χ0v) is 9.49. The molecule has 1 heterocycles. The molecular weight excluding hydrogens is 194 g/mol. The van der Waals surface area contributed by atoms with Gasteiger partial charge >= 0.3 is 5.97 Å². The van der Waals surface area contributed by atoms with E-state index in [0.717, 1.165) is 31.9 Å². The molecule has 0 spiro atoms. The Morgan fingerprint density at radius 2 is 2.13 bits per heavy atom. The maximum Gasteiger partial charge on any atom is 0.334 e. The van der Waals surface area contributed by atoms with Crippen molar-refractivity contribution in [1.82, 2.24) is 4.90 Å². The van der Waals surface area contributed by atoms with Gasteiger partial charge in [-0.25, -0.2) is 4.79 Å². The summed E-state index contributed by atoms with van der Waals surface area (Å²) in [5.74, 6) is -0.202. The summed E-state index contributed by atoms with van der Waals surface area (Å²) in [7, 11) is 0. The minimum Gasteiger partial charge on any atom is -0.463 e. The third-order valence-corrected chi connectivity index (χ3v) is 2.38. The number of hydrogen-bond acceptors (Lipinski definition) is 4. The Morgan fingerprint density at radius 3 is 2.67 bits per heavy atom. The van der Waals surface area contributed by atoms with Crippen molar-refractivity contribution in [3.8, 4) is 0 Å². The molecular formula is C11H19NO3. The van der Waals surface area contributed by atoms with Crippen LogP contribution in [0.1, 0.15) is 13.8 Å². The summed E-state index contributed by atoms with van der Waals surface area (Å²) in [5.41, 5.74) is 0.735. The molecule has 0 aromatic rings. The van der Waals surface area contributed by atoms with E-state index in [9.17, 15) is 4.79 Å². The number of ether oxygens (including phenoxy) is 2. The molecule has 1 rings (SSSR count). The molecule has 1 fully saturated rings. The minimum atomic E-state index is -0.202. The SMILES string of the molecule is C/C=C(\CN1CCOCC1)C(=O)OCC. The number of hydrogen-bond donors (Lipinski definition) is 0. The van der Waals surface area contributed by atoms with Crippen LogP contribution in [0.3, 0.4) is 0 Å². The van der Waals surface area contributed by atoms with E-state index in [2.05, 4.69) is 4.90 Å². The van der Waals surface area contributed by atoms with Gasteiger partial charge in [0, 0.05) is 25.2 Å². The molecule has 4 heteroatoms. The summed E-state index contributed by atoms with van der Waals surface area (Å²) in [4.78, 5) is 13.7. The Morgan fingerprint density at radius 1 is 1.47 bits per heavy atom. The normalized spacial score (nSPS) is 18.9. The molecule has 0 amide bonds. The highest BCUT2D eigenvalue weighted by Gasteiger charge is 2.16. The first-order valence-electron chi connectivity index (χ1n) is 5.40. The average molecular weight is 213 g/mol. The summed E-state index contributed by atoms with van der Waals surface area (Å²) in [6, 6.07) is 0. The lowest BCUT2D eigenvalue weighted by Gasteiger charge is -2.26. The Bertz CT molecular complexity index is 232. The largest absolute Gasteiger partial charge is 0.463 e. The number of carbonyl (C=O) groups is 1. The van der Waals surface area contributed by atoms with Crippen molar-refractivity contribution in [3.63, 3.8) is 0 Å². The van der Waals surface area contributed by atoms with Crippen LogP contribution in [-0.2, 0) is 14.3 Å². The van der Waals surface area contributed by atoms with Gasteiger partial charge in [0.2, 0.25) is 0 Å². The highest BCUT2D eigenvalue weighted by atomic mass is 16.5. The van der Waals surface area contributed by atoms with Crippen molar-refractivity contribution in [1.29, 1.82) is 0 Å². The molecule has 0 aromatic heterocycles. The van der Waals surface area contributed by atoms with Crippen LogP contribution in [0.5, 0.6) is 0 Å². The molecule has 0 radical (unpaired) electrons. The summed E-state index contributed by atoms with van der Waals surface area (Å²) in [6.45, 7) is 8.05. The third-order valence-electron chi connectivity index (χ3n) is 2.38. The molecule has 1 aliphatic rings. The van der Waals surface area contributed by atoms with E-state index < -0.39 is 0 Å². The van der Waals surface area contributed by atoms with Crippen LogP contribution in [0.4, 0.5) is 0 Å². The fraction of sp³-hybridized carbons (Fsp3) is 0.727. The van der Waals surface area contributed by atoms with Gasteiger partial charge in [-0.2, -0.15) is 0 Å². The topological polar surface area (TPSA) is 38.8 Å². The van der Waals surface area contributed by atoms with E-state index in [4.69, 9.17) is 9.47 Å². The molecule has 0 aliphatic carbocycles. The molecule has 0 bridgehead atoms. The van der Waals surface area contributed by atoms with Gasteiger partial charge < -0.3 is 9.47 Å². The molecule has 0 unspecified atom stereocenters. The number of allylic oxidation sites excluding steroid dienone is 1. The van der Waals surface area contributed by atoms with E-state index in [1.807, 2.05) is 19.9 Å². The average Bonchev–Trinajstić information content (AvgIpc) is 2.27. The van der Waals surface area contributed by atoms with Crippen molar-refractivity contribution < 1.29 is 14.3 Å². The zero-order chi connectivity index (χ0) is 11.1. The smallest absolute Gasteiger partial charge is 0.334 e. The van der Waals surface area contributed by atoms with Crippen LogP contribution >= 0.6 is 0 Å². The molecule has 15 heavy (non-hydrogen) atoms. The maximum atomic E-state index is 11.5. The lowest BCUT2D eigenvalue weighted by atomic mass is 10.2. The molecule has 86 valence electrons. The van der Waals surface area contributed by atoms with Crippen LogP contribution in [0.15, 0.2) is 11.6 Å². The van der Waals surface area contributed by atoms with Crippen LogP contribution < -0.4 is 0 Å². The van der Waals surface area contributed by atoms with Gasteiger partial charge in [-0.1, -0.05) is 6.08 Å². The first kappa shape index (κ1) is 12.2. The van der Waals surface area contributed by atoms with Crippen molar-refractivity contribution in [2.75, 3.05) is 39.5 Å². The minimum absolute atomic E-state index is 0.202. The second-order valence-corrected chi connectivity index (χ2v) is 3.42.